The van der Waals surface area contributed by atoms with Gasteiger partial charge in [0.05, 0.1) is 6.61 Å². The monoisotopic (exact) mass is 413 g/mol. The molecule has 1 fully saturated rings. The molecule has 2 atom stereocenters. The van der Waals surface area contributed by atoms with Crippen LogP contribution in [0.4, 0.5) is 0 Å². The van der Waals surface area contributed by atoms with Crippen molar-refractivity contribution in [2.45, 2.75) is 37.5 Å². The summed E-state index contributed by atoms with van der Waals surface area (Å²) in [5.41, 5.74) is 5.02. The molecule has 2 aliphatic heterocycles. The number of phenolic OH excluding ortho intramolecular Hbond substituents is 1. The standard InChI is InChI=1S/C28H31NO2/c30-24-13-14-27-25(19-24)28(26(20-31-27)22-7-3-1-4-8-22)23-11-9-21(10-12-23)15-18-29-16-5-2-6-17-29/h1,3-4,7-14,19,26,28,30H,2,5-6,15-18,20H2. The maximum absolute atomic E-state index is 10.2. The number of likely N-dealkylation sites (tertiary alicyclic amines) is 1. The third-order valence-electron chi connectivity index (χ3n) is 6.88. The molecule has 2 unspecified atom stereocenters. The van der Waals surface area contributed by atoms with E-state index in [-0.39, 0.29) is 11.8 Å². The van der Waals surface area contributed by atoms with Crippen LogP contribution < -0.4 is 4.74 Å². The zero-order valence-corrected chi connectivity index (χ0v) is 18.0. The van der Waals surface area contributed by atoms with Crippen LogP contribution in [-0.2, 0) is 6.42 Å². The highest BCUT2D eigenvalue weighted by Gasteiger charge is 2.33. The molecule has 3 nitrogen and oxygen atoms in total. The van der Waals surface area contributed by atoms with Gasteiger partial charge in [0, 0.05) is 23.9 Å². The van der Waals surface area contributed by atoms with Crippen molar-refractivity contribution in [3.05, 3.63) is 95.1 Å². The van der Waals surface area contributed by atoms with Crippen LogP contribution in [0.15, 0.2) is 72.8 Å². The van der Waals surface area contributed by atoms with E-state index in [0.29, 0.717) is 12.4 Å². The Balaban J connectivity index is 1.42. The van der Waals surface area contributed by atoms with Crippen molar-refractivity contribution in [1.82, 2.24) is 4.90 Å². The number of hydrogen-bond acceptors (Lipinski definition) is 3. The second-order valence-electron chi connectivity index (χ2n) is 8.92. The molecule has 2 heterocycles. The molecule has 160 valence electrons. The first-order valence-electron chi connectivity index (χ1n) is 11.6. The first-order valence-corrected chi connectivity index (χ1v) is 11.6. The summed E-state index contributed by atoms with van der Waals surface area (Å²) in [6.07, 6.45) is 5.18. The van der Waals surface area contributed by atoms with Gasteiger partial charge in [-0.1, -0.05) is 61.0 Å². The normalized spacial score (nSPS) is 21.3. The number of ether oxygens (including phenoxy) is 1. The number of piperidine rings is 1. The molecule has 3 aromatic carbocycles. The smallest absolute Gasteiger partial charge is 0.123 e. The van der Waals surface area contributed by atoms with Gasteiger partial charge < -0.3 is 14.7 Å². The molecule has 3 heteroatoms. The highest BCUT2D eigenvalue weighted by atomic mass is 16.5. The van der Waals surface area contributed by atoms with Crippen molar-refractivity contribution >= 4 is 0 Å². The fraction of sp³-hybridized carbons (Fsp3) is 0.357. The molecule has 0 spiro atoms. The molecule has 0 aliphatic carbocycles. The molecule has 2 aliphatic rings. The Morgan fingerprint density at radius 2 is 1.61 bits per heavy atom. The van der Waals surface area contributed by atoms with E-state index in [2.05, 4.69) is 59.5 Å². The molecular weight excluding hydrogens is 382 g/mol. The number of rotatable bonds is 5. The zero-order valence-electron chi connectivity index (χ0n) is 18.0. The fourth-order valence-electron chi connectivity index (χ4n) is 5.17. The lowest BCUT2D eigenvalue weighted by molar-refractivity contribution is 0.231. The van der Waals surface area contributed by atoms with E-state index in [0.717, 1.165) is 24.3 Å². The topological polar surface area (TPSA) is 32.7 Å². The maximum Gasteiger partial charge on any atom is 0.123 e. The van der Waals surface area contributed by atoms with Crippen molar-refractivity contribution in [1.29, 1.82) is 0 Å². The average molecular weight is 414 g/mol. The second-order valence-corrected chi connectivity index (χ2v) is 8.92. The summed E-state index contributed by atoms with van der Waals surface area (Å²) in [6, 6.07) is 25.2. The van der Waals surface area contributed by atoms with Gasteiger partial charge in [-0.2, -0.15) is 0 Å². The van der Waals surface area contributed by atoms with Crippen LogP contribution in [0.2, 0.25) is 0 Å². The van der Waals surface area contributed by atoms with Gasteiger partial charge in [0.2, 0.25) is 0 Å². The molecule has 3 aromatic rings. The molecule has 0 aromatic heterocycles. The van der Waals surface area contributed by atoms with Gasteiger partial charge >= 0.3 is 0 Å². The first-order chi connectivity index (χ1) is 15.3. The Hall–Kier alpha value is -2.78. The van der Waals surface area contributed by atoms with Crippen LogP contribution in [0, 0.1) is 0 Å². The Labute approximate surface area is 185 Å². The van der Waals surface area contributed by atoms with E-state index in [1.165, 1.54) is 49.0 Å². The van der Waals surface area contributed by atoms with Gasteiger partial charge in [0.25, 0.3) is 0 Å². The van der Waals surface area contributed by atoms with Crippen molar-refractivity contribution in [2.75, 3.05) is 26.2 Å². The largest absolute Gasteiger partial charge is 0.508 e. The van der Waals surface area contributed by atoms with Crippen LogP contribution in [0.5, 0.6) is 11.5 Å². The van der Waals surface area contributed by atoms with Gasteiger partial charge in [0.15, 0.2) is 0 Å². The van der Waals surface area contributed by atoms with E-state index in [9.17, 15) is 5.11 Å². The van der Waals surface area contributed by atoms with Crippen molar-refractivity contribution in [3.8, 4) is 11.5 Å². The highest BCUT2D eigenvalue weighted by molar-refractivity contribution is 5.50. The fourth-order valence-corrected chi connectivity index (χ4v) is 5.17. The van der Waals surface area contributed by atoms with E-state index in [1.54, 1.807) is 6.07 Å². The van der Waals surface area contributed by atoms with Gasteiger partial charge in [-0.15, -0.1) is 0 Å². The zero-order chi connectivity index (χ0) is 21.0. The summed E-state index contributed by atoms with van der Waals surface area (Å²) < 4.78 is 6.11. The lowest BCUT2D eigenvalue weighted by Crippen LogP contribution is -2.31. The number of fused-ring (bicyclic) bond motifs is 1. The lowest BCUT2D eigenvalue weighted by atomic mass is 9.75. The number of hydrogen-bond donors (Lipinski definition) is 1. The number of aromatic hydroxyl groups is 1. The number of nitrogens with zero attached hydrogens (tertiary/aromatic N) is 1. The quantitative estimate of drug-likeness (QED) is 0.580. The Morgan fingerprint density at radius 3 is 2.39 bits per heavy atom. The minimum absolute atomic E-state index is 0.161. The summed E-state index contributed by atoms with van der Waals surface area (Å²) in [4.78, 5) is 2.60. The average Bonchev–Trinajstić information content (AvgIpc) is 2.83. The maximum atomic E-state index is 10.2. The lowest BCUT2D eigenvalue weighted by Gasteiger charge is -2.34. The summed E-state index contributed by atoms with van der Waals surface area (Å²) in [5, 5.41) is 10.2. The van der Waals surface area contributed by atoms with Crippen LogP contribution in [0.25, 0.3) is 0 Å². The molecule has 0 radical (unpaired) electrons. The van der Waals surface area contributed by atoms with Crippen LogP contribution >= 0.6 is 0 Å². The van der Waals surface area contributed by atoms with Crippen LogP contribution in [-0.4, -0.2) is 36.2 Å². The van der Waals surface area contributed by atoms with Gasteiger partial charge in [-0.05, 0) is 67.2 Å². The SMILES string of the molecule is Oc1ccc2c(c1)C(c1ccc(CCN3CCCCC3)cc1)C(c1ccccc1)CO2. The van der Waals surface area contributed by atoms with Gasteiger partial charge in [-0.3, -0.25) is 0 Å². The van der Waals surface area contributed by atoms with E-state index in [1.807, 2.05) is 12.1 Å². The summed E-state index contributed by atoms with van der Waals surface area (Å²) >= 11 is 0. The van der Waals surface area contributed by atoms with E-state index >= 15 is 0 Å². The molecule has 1 N–H and O–H groups in total. The van der Waals surface area contributed by atoms with E-state index in [4.69, 9.17) is 4.74 Å². The Bertz CT molecular complexity index is 993. The molecular formula is C28H31NO2. The molecule has 31 heavy (non-hydrogen) atoms. The third-order valence-corrected chi connectivity index (χ3v) is 6.88. The predicted octanol–water partition coefficient (Wildman–Crippen LogP) is 5.73. The van der Waals surface area contributed by atoms with Crippen molar-refractivity contribution in [2.24, 2.45) is 0 Å². The summed E-state index contributed by atoms with van der Waals surface area (Å²) in [5.74, 6) is 1.55. The van der Waals surface area contributed by atoms with Crippen molar-refractivity contribution in [3.63, 3.8) is 0 Å². The second kappa shape index (κ2) is 9.15. The Morgan fingerprint density at radius 1 is 0.839 bits per heavy atom. The summed E-state index contributed by atoms with van der Waals surface area (Å²) in [6.45, 7) is 4.29. The van der Waals surface area contributed by atoms with Gasteiger partial charge in [0.1, 0.15) is 11.5 Å². The van der Waals surface area contributed by atoms with E-state index < -0.39 is 0 Å². The number of phenols is 1. The number of benzene rings is 3. The molecule has 0 amide bonds. The Kier molecular flexibility index (Phi) is 5.95. The van der Waals surface area contributed by atoms with Crippen molar-refractivity contribution < 1.29 is 9.84 Å². The molecule has 5 rings (SSSR count). The minimum Gasteiger partial charge on any atom is -0.508 e. The summed E-state index contributed by atoms with van der Waals surface area (Å²) in [7, 11) is 0. The van der Waals surface area contributed by atoms with Gasteiger partial charge in [-0.25, -0.2) is 0 Å². The molecule has 0 bridgehead atoms. The third kappa shape index (κ3) is 4.47. The van der Waals surface area contributed by atoms with Crippen LogP contribution in [0.3, 0.4) is 0 Å². The molecule has 1 saturated heterocycles. The predicted molar refractivity (Wildman–Crippen MR) is 125 cm³/mol. The minimum atomic E-state index is 0.161. The highest BCUT2D eigenvalue weighted by Crippen LogP contribution is 2.46. The van der Waals surface area contributed by atoms with Crippen LogP contribution in [0.1, 0.15) is 53.4 Å². The first kappa shape index (κ1) is 20.1. The molecule has 0 saturated carbocycles.